The smallest absolute Gasteiger partial charge is 0 e. The van der Waals surface area contributed by atoms with E-state index in [9.17, 15) is 4.79 Å². The van der Waals surface area contributed by atoms with Crippen LogP contribution in [0.25, 0.3) is 0 Å². The van der Waals surface area contributed by atoms with Crippen LogP contribution in [0.15, 0.2) is 12.1 Å². The zero-order valence-corrected chi connectivity index (χ0v) is 8.81. The molecule has 1 aromatic rings. The van der Waals surface area contributed by atoms with Crippen LogP contribution in [0, 0.1) is 0 Å². The van der Waals surface area contributed by atoms with Crippen molar-refractivity contribution in [2.24, 2.45) is 0 Å². The molecule has 0 fully saturated rings. The molecule has 0 aliphatic carbocycles. The zero-order chi connectivity index (χ0) is 9.30. The van der Waals surface area contributed by atoms with Crippen molar-refractivity contribution in [3.05, 3.63) is 17.7 Å². The fourth-order valence-corrected chi connectivity index (χ4v) is 0.728. The first-order valence-electron chi connectivity index (χ1n) is 3.00. The topological polar surface area (TPSA) is 98.0 Å². The molecule has 0 spiro atoms. The van der Waals surface area contributed by atoms with Crippen molar-refractivity contribution >= 4 is 47.9 Å². The van der Waals surface area contributed by atoms with E-state index in [0.29, 0.717) is 0 Å². The molecule has 4 N–H and O–H groups in total. The van der Waals surface area contributed by atoms with Gasteiger partial charge in [-0.05, 0) is 12.1 Å². The quantitative estimate of drug-likeness (QED) is 0.391. The van der Waals surface area contributed by atoms with Crippen LogP contribution in [0.4, 0.5) is 0 Å². The molecule has 1 rings (SSSR count). The first kappa shape index (κ1) is 20.7. The third-order valence-corrected chi connectivity index (χ3v) is 1.32. The van der Waals surface area contributed by atoms with Gasteiger partial charge in [-0.1, -0.05) is 0 Å². The summed E-state index contributed by atoms with van der Waals surface area (Å²) < 4.78 is 0. The average Bonchev–Trinajstić information content (AvgIpc) is 1.99. The van der Waals surface area contributed by atoms with Crippen LogP contribution in [0.3, 0.4) is 0 Å². The molecule has 0 aliphatic rings. The van der Waals surface area contributed by atoms with E-state index in [4.69, 9.17) is 20.4 Å². The van der Waals surface area contributed by atoms with Gasteiger partial charge in [-0.2, -0.15) is 0 Å². The minimum absolute atomic E-state index is 0. The molecule has 0 saturated carbocycles. The maximum absolute atomic E-state index is 10.3. The van der Waals surface area contributed by atoms with Crippen LogP contribution >= 0.6 is 0 Å². The van der Waals surface area contributed by atoms with Gasteiger partial charge in [-0.15, -0.1) is 0 Å². The predicted octanol–water partition coefficient (Wildman–Crippen LogP) is -1.07. The van der Waals surface area contributed by atoms with E-state index in [1.165, 1.54) is 0 Å². The summed E-state index contributed by atoms with van der Waals surface area (Å²) in [5.41, 5.74) is -0.289. The largest absolute Gasteiger partial charge is 0.316 e. The summed E-state index contributed by atoms with van der Waals surface area (Å²) >= 11 is 0. The summed E-state index contributed by atoms with van der Waals surface area (Å²) in [7, 11) is 0. The number of hydrogen-bond donors (Lipinski definition) is 4. The fraction of sp³-hybridized carbons (Fsp3) is 0. The molecule has 0 heterocycles. The summed E-state index contributed by atoms with van der Waals surface area (Å²) in [4.78, 5) is 10.3. The number of aromatic hydroxyl groups is 3. The number of aromatic carboxylic acids is 1. The molecule has 0 unspecified atom stereocenters. The van der Waals surface area contributed by atoms with E-state index in [0.717, 1.165) is 12.1 Å². The van der Waals surface area contributed by atoms with Crippen LogP contribution < -0.4 is 0 Å². The molecule has 0 saturated heterocycles. The number of phenolic OH excluding ortho intramolecular Hbond substituents is 3. The maximum Gasteiger partial charge on any atom is 0.316 e. The van der Waals surface area contributed by atoms with Crippen molar-refractivity contribution in [3.63, 3.8) is 0 Å². The van der Waals surface area contributed by atoms with Gasteiger partial charge in [0.25, 0.3) is 0 Å². The Hall–Kier alpha value is 0.337. The Morgan fingerprint density at radius 1 is 1.07 bits per heavy atom. The summed E-state index contributed by atoms with van der Waals surface area (Å²) in [6.45, 7) is 0. The molecule has 0 aliphatic heterocycles. The van der Waals surface area contributed by atoms with Crippen molar-refractivity contribution in [3.8, 4) is 17.2 Å². The van der Waals surface area contributed by atoms with Gasteiger partial charge < -0.3 is 20.4 Å². The van der Waals surface area contributed by atoms with Crippen molar-refractivity contribution in [1.29, 1.82) is 0 Å². The first-order valence-corrected chi connectivity index (χ1v) is 3.00. The number of carbonyl (C=O) groups is 1. The third-order valence-electron chi connectivity index (χ3n) is 1.32. The van der Waals surface area contributed by atoms with Gasteiger partial charge in [-0.25, -0.2) is 4.79 Å². The van der Waals surface area contributed by atoms with Crippen molar-refractivity contribution in [2.45, 2.75) is 0 Å². The maximum atomic E-state index is 10.3. The Balaban J connectivity index is -0.000000480. The molecule has 0 bridgehead atoms. The summed E-state index contributed by atoms with van der Waals surface area (Å²) in [6, 6.07) is 1.69. The molecule has 5 nitrogen and oxygen atoms in total. The van der Waals surface area contributed by atoms with Crippen LogP contribution in [0.1, 0.15) is 10.4 Å². The van der Waals surface area contributed by atoms with Gasteiger partial charge in [0.15, 0.2) is 17.2 Å². The number of rotatable bonds is 1. The third kappa shape index (κ3) is 5.28. The summed E-state index contributed by atoms with van der Waals surface area (Å²) in [5.74, 6) is -3.33. The van der Waals surface area contributed by atoms with E-state index in [1.54, 1.807) is 0 Å². The minimum atomic E-state index is -1.29. The van der Waals surface area contributed by atoms with E-state index in [-0.39, 0.29) is 73.7 Å². The Labute approximate surface area is 133 Å². The number of benzene rings is 1. The molecule has 8 heteroatoms. The van der Waals surface area contributed by atoms with Crippen molar-refractivity contribution in [1.82, 2.24) is 0 Å². The molecular weight excluding hydrogens is 287 g/mol. The van der Waals surface area contributed by atoms with E-state index >= 15 is 0 Å². The van der Waals surface area contributed by atoms with Crippen molar-refractivity contribution < 1.29 is 51.4 Å². The number of phenols is 3. The second-order valence-corrected chi connectivity index (χ2v) is 2.17. The van der Waals surface area contributed by atoms with Gasteiger partial charge in [0, 0.05) is 26.2 Å². The molecule has 0 atom stereocenters. The van der Waals surface area contributed by atoms with Crippen LogP contribution in [0.5, 0.6) is 17.2 Å². The Bertz CT molecular complexity index is 323. The SMILES string of the molecule is O=C(O)c1cc(O)c(O)c(O)c1.[LiH].[MgH2].[Zr]. The van der Waals surface area contributed by atoms with Gasteiger partial charge in [-0.3, -0.25) is 0 Å². The van der Waals surface area contributed by atoms with Gasteiger partial charge in [0.05, 0.1) is 5.56 Å². The summed E-state index contributed by atoms with van der Waals surface area (Å²) in [5, 5.41) is 35.0. The molecule has 15 heavy (non-hydrogen) atoms. The minimum Gasteiger partial charge on any atom is 0 e. The average molecular weight is 296 g/mol. The molecule has 0 radical (unpaired) electrons. The van der Waals surface area contributed by atoms with E-state index in [2.05, 4.69) is 0 Å². The number of hydrogen-bond acceptors (Lipinski definition) is 4. The van der Waals surface area contributed by atoms with Crippen LogP contribution in [-0.4, -0.2) is 68.3 Å². The van der Waals surface area contributed by atoms with Crippen LogP contribution in [0.2, 0.25) is 0 Å². The molecule has 74 valence electrons. The zero-order valence-electron chi connectivity index (χ0n) is 6.35. The second kappa shape index (κ2) is 8.48. The van der Waals surface area contributed by atoms with Gasteiger partial charge in [0.2, 0.25) is 0 Å². The Morgan fingerprint density at radius 3 is 1.67 bits per heavy atom. The normalized spacial score (nSPS) is 7.73. The predicted molar refractivity (Wildman–Crippen MR) is 54.1 cm³/mol. The van der Waals surface area contributed by atoms with E-state index in [1.807, 2.05) is 0 Å². The van der Waals surface area contributed by atoms with Gasteiger partial charge >= 0.3 is 47.9 Å². The standard InChI is InChI=1S/C7H6O5.Li.Mg.Zr.3H/c8-4-1-3(7(11)12)2-5(9)6(4)10;;;;;;/h1-2,8-10H,(H,11,12);;;;;;. The monoisotopic (exact) mass is 294 g/mol. The van der Waals surface area contributed by atoms with Gasteiger partial charge in [0.1, 0.15) is 0 Å². The summed E-state index contributed by atoms with van der Waals surface area (Å²) in [6.07, 6.45) is 0. The first-order chi connectivity index (χ1) is 5.52. The Kier molecular flexibility index (Phi) is 11.7. The number of carboxylic acids is 1. The number of carboxylic acid groups (broad SMARTS) is 1. The van der Waals surface area contributed by atoms with Crippen molar-refractivity contribution in [2.75, 3.05) is 0 Å². The molecule has 1 aromatic carbocycles. The Morgan fingerprint density at radius 2 is 1.40 bits per heavy atom. The molecule has 0 aromatic heterocycles. The fourth-order valence-electron chi connectivity index (χ4n) is 0.728. The molecule has 0 amide bonds. The van der Waals surface area contributed by atoms with E-state index < -0.39 is 23.2 Å². The second-order valence-electron chi connectivity index (χ2n) is 2.17. The molecular formula is C7H9LiMgO5Zr. The van der Waals surface area contributed by atoms with Crippen LogP contribution in [-0.2, 0) is 26.2 Å².